The van der Waals surface area contributed by atoms with Crippen LogP contribution in [-0.4, -0.2) is 71.6 Å². The summed E-state index contributed by atoms with van der Waals surface area (Å²) in [6, 6.07) is 17.5. The van der Waals surface area contributed by atoms with Crippen LogP contribution in [0.1, 0.15) is 65.2 Å². The first-order valence-corrected chi connectivity index (χ1v) is 16.4. The number of esters is 3. The van der Waals surface area contributed by atoms with Gasteiger partial charge in [0.05, 0.1) is 32.5 Å². The van der Waals surface area contributed by atoms with Gasteiger partial charge >= 0.3 is 17.9 Å². The summed E-state index contributed by atoms with van der Waals surface area (Å²) in [5, 5.41) is 0. The third-order valence-electron chi connectivity index (χ3n) is 8.79. The summed E-state index contributed by atoms with van der Waals surface area (Å²) < 4.78 is 31.9. The van der Waals surface area contributed by atoms with E-state index in [-0.39, 0.29) is 19.8 Å². The summed E-state index contributed by atoms with van der Waals surface area (Å²) in [7, 11) is 3.79. The highest BCUT2D eigenvalue weighted by Crippen LogP contribution is 2.38. The normalized spacial score (nSPS) is 10.6. The summed E-state index contributed by atoms with van der Waals surface area (Å²) in [4.78, 5) is 60.8. The topological polar surface area (TPSA) is 141 Å². The maximum absolute atomic E-state index is 12.4. The fraction of sp³-hybridized carbons (Fsp3) is 0.293. The van der Waals surface area contributed by atoms with Crippen LogP contribution < -0.4 is 14.2 Å². The molecule has 4 rings (SSSR count). The first kappa shape index (κ1) is 38.8. The summed E-state index contributed by atoms with van der Waals surface area (Å²) in [6.45, 7) is 6.11. The lowest BCUT2D eigenvalue weighted by Gasteiger charge is -2.22. The molecule has 4 aromatic rings. The Bertz CT molecular complexity index is 1870. The first-order chi connectivity index (χ1) is 24.9. The van der Waals surface area contributed by atoms with Crippen LogP contribution in [0.4, 0.5) is 0 Å². The predicted octanol–water partition coefficient (Wildman–Crippen LogP) is 6.05. The van der Waals surface area contributed by atoms with Crippen molar-refractivity contribution in [3.8, 4) is 28.4 Å². The van der Waals surface area contributed by atoms with Gasteiger partial charge in [-0.25, -0.2) is 14.4 Å². The van der Waals surface area contributed by atoms with Crippen molar-refractivity contribution in [1.82, 2.24) is 0 Å². The van der Waals surface area contributed by atoms with Crippen molar-refractivity contribution in [2.75, 3.05) is 41.2 Å². The lowest BCUT2D eigenvalue weighted by Crippen LogP contribution is -2.16. The zero-order chi connectivity index (χ0) is 37.9. The molecule has 11 heteroatoms. The van der Waals surface area contributed by atoms with E-state index in [9.17, 15) is 24.0 Å². The molecule has 0 bridgehead atoms. The molecule has 0 fully saturated rings. The van der Waals surface area contributed by atoms with Crippen molar-refractivity contribution in [2.45, 2.75) is 40.5 Å². The summed E-state index contributed by atoms with van der Waals surface area (Å²) >= 11 is 0. The average molecular weight is 711 g/mol. The second-order valence-electron chi connectivity index (χ2n) is 12.1. The minimum absolute atomic E-state index is 0.290. The van der Waals surface area contributed by atoms with Crippen molar-refractivity contribution < 1.29 is 52.4 Å². The number of methoxy groups -OCH3 is 3. The standard InChI is InChI=1S/C41H42O11/c1-24-13-29(26(3)34(19-42)39(24)50-21-36(44)47-5)15-32-17-31(28-11-9-8-10-12-28)18-33(41(32)52-23-38(46)49-7)16-30-14-25(2)40(35(20-43)27(30)4)51-22-37(45)48-6/h8-14,17-20H,15-16,21-23H2,1-7H3. The van der Waals surface area contributed by atoms with E-state index < -0.39 is 17.9 Å². The molecule has 0 heterocycles. The van der Waals surface area contributed by atoms with Gasteiger partial charge in [0, 0.05) is 12.8 Å². The van der Waals surface area contributed by atoms with E-state index in [1.807, 2.05) is 54.6 Å². The highest BCUT2D eigenvalue weighted by Gasteiger charge is 2.22. The molecule has 272 valence electrons. The minimum Gasteiger partial charge on any atom is -0.481 e. The number of carbonyl (C=O) groups is 5. The maximum Gasteiger partial charge on any atom is 0.343 e. The number of hydrogen-bond donors (Lipinski definition) is 0. The van der Waals surface area contributed by atoms with Crippen molar-refractivity contribution in [1.29, 1.82) is 0 Å². The highest BCUT2D eigenvalue weighted by molar-refractivity contribution is 5.85. The number of aryl methyl sites for hydroxylation is 2. The summed E-state index contributed by atoms with van der Waals surface area (Å²) in [5.74, 6) is -0.712. The number of carbonyl (C=O) groups excluding carboxylic acids is 5. The fourth-order valence-corrected chi connectivity index (χ4v) is 6.00. The van der Waals surface area contributed by atoms with Gasteiger partial charge in [-0.05, 0) is 95.5 Å². The lowest BCUT2D eigenvalue weighted by atomic mass is 9.88. The van der Waals surface area contributed by atoms with Crippen molar-refractivity contribution in [2.24, 2.45) is 0 Å². The smallest absolute Gasteiger partial charge is 0.343 e. The summed E-state index contributed by atoms with van der Waals surface area (Å²) in [6.07, 6.45) is 2.00. The van der Waals surface area contributed by atoms with Gasteiger partial charge in [0.2, 0.25) is 0 Å². The molecular formula is C41H42O11. The van der Waals surface area contributed by atoms with E-state index in [4.69, 9.17) is 28.4 Å². The molecule has 11 nitrogen and oxygen atoms in total. The molecule has 0 aliphatic carbocycles. The Morgan fingerprint density at radius 3 is 1.27 bits per heavy atom. The zero-order valence-corrected chi connectivity index (χ0v) is 30.4. The van der Waals surface area contributed by atoms with E-state index in [0.29, 0.717) is 76.0 Å². The Morgan fingerprint density at radius 1 is 0.519 bits per heavy atom. The Balaban J connectivity index is 1.91. The predicted molar refractivity (Wildman–Crippen MR) is 193 cm³/mol. The van der Waals surface area contributed by atoms with E-state index >= 15 is 0 Å². The van der Waals surface area contributed by atoms with E-state index in [2.05, 4.69) is 0 Å². The molecule has 52 heavy (non-hydrogen) atoms. The molecule has 4 aromatic carbocycles. The van der Waals surface area contributed by atoms with Crippen LogP contribution in [0, 0.1) is 27.7 Å². The second-order valence-corrected chi connectivity index (χ2v) is 12.1. The van der Waals surface area contributed by atoms with Crippen LogP contribution >= 0.6 is 0 Å². The van der Waals surface area contributed by atoms with Gasteiger partial charge in [-0.2, -0.15) is 0 Å². The second kappa shape index (κ2) is 17.8. The molecule has 0 aliphatic heterocycles. The van der Waals surface area contributed by atoms with Gasteiger partial charge in [0.1, 0.15) is 17.2 Å². The Kier molecular flexibility index (Phi) is 13.3. The molecule has 0 N–H and O–H groups in total. The van der Waals surface area contributed by atoms with E-state index in [1.54, 1.807) is 27.7 Å². The van der Waals surface area contributed by atoms with Gasteiger partial charge in [-0.15, -0.1) is 0 Å². The quantitative estimate of drug-likeness (QED) is 0.0763. The molecule has 0 radical (unpaired) electrons. The molecule has 0 saturated heterocycles. The Hall–Kier alpha value is -5.97. The fourth-order valence-electron chi connectivity index (χ4n) is 6.00. The SMILES string of the molecule is COC(=O)COc1c(Cc2cc(C)c(OCC(=O)OC)c(C=O)c2C)cc(-c2ccccc2)cc1Cc1cc(C)c(OCC(=O)OC)c(C=O)c1C. The van der Waals surface area contributed by atoms with E-state index in [1.165, 1.54) is 21.3 Å². The largest absolute Gasteiger partial charge is 0.481 e. The monoisotopic (exact) mass is 710 g/mol. The molecular weight excluding hydrogens is 668 g/mol. The van der Waals surface area contributed by atoms with Crippen LogP contribution in [0.25, 0.3) is 11.1 Å². The number of ether oxygens (including phenoxy) is 6. The van der Waals surface area contributed by atoms with Gasteiger partial charge in [0.15, 0.2) is 32.4 Å². The number of aldehydes is 2. The lowest BCUT2D eigenvalue weighted by molar-refractivity contribution is -0.143. The van der Waals surface area contributed by atoms with Crippen molar-refractivity contribution in [3.05, 3.63) is 110 Å². The number of benzene rings is 4. The summed E-state index contributed by atoms with van der Waals surface area (Å²) in [5.41, 5.74) is 8.05. The van der Waals surface area contributed by atoms with Crippen LogP contribution in [-0.2, 0) is 41.4 Å². The van der Waals surface area contributed by atoms with Crippen LogP contribution in [0.5, 0.6) is 17.2 Å². The third-order valence-corrected chi connectivity index (χ3v) is 8.79. The number of rotatable bonds is 16. The third kappa shape index (κ3) is 9.03. The van der Waals surface area contributed by atoms with Crippen molar-refractivity contribution >= 4 is 30.5 Å². The molecule has 0 unspecified atom stereocenters. The Labute approximate surface area is 302 Å². The van der Waals surface area contributed by atoms with Crippen LogP contribution in [0.3, 0.4) is 0 Å². The molecule has 0 saturated carbocycles. The minimum atomic E-state index is -0.579. The molecule has 0 aromatic heterocycles. The molecule has 0 amide bonds. The maximum atomic E-state index is 12.4. The molecule has 0 spiro atoms. The average Bonchev–Trinajstić information content (AvgIpc) is 3.15. The molecule has 0 atom stereocenters. The van der Waals surface area contributed by atoms with Crippen molar-refractivity contribution in [3.63, 3.8) is 0 Å². The zero-order valence-electron chi connectivity index (χ0n) is 30.4. The number of hydrogen-bond acceptors (Lipinski definition) is 11. The van der Waals surface area contributed by atoms with Crippen LogP contribution in [0.15, 0.2) is 54.6 Å². The van der Waals surface area contributed by atoms with Gasteiger partial charge in [-0.1, -0.05) is 42.5 Å². The highest BCUT2D eigenvalue weighted by atomic mass is 16.6. The van der Waals surface area contributed by atoms with Gasteiger partial charge in [0.25, 0.3) is 0 Å². The molecule has 0 aliphatic rings. The first-order valence-electron chi connectivity index (χ1n) is 16.4. The Morgan fingerprint density at radius 2 is 0.904 bits per heavy atom. The van der Waals surface area contributed by atoms with Crippen LogP contribution in [0.2, 0.25) is 0 Å². The van der Waals surface area contributed by atoms with Gasteiger partial charge in [-0.3, -0.25) is 9.59 Å². The van der Waals surface area contributed by atoms with E-state index in [0.717, 1.165) is 33.4 Å². The van der Waals surface area contributed by atoms with Gasteiger partial charge < -0.3 is 28.4 Å².